The van der Waals surface area contributed by atoms with Gasteiger partial charge in [0.25, 0.3) is 0 Å². The number of rotatable bonds is 5. The van der Waals surface area contributed by atoms with Crippen molar-refractivity contribution < 1.29 is 0 Å². The molecule has 0 bridgehead atoms. The minimum absolute atomic E-state index is 0.499. The van der Waals surface area contributed by atoms with E-state index in [0.29, 0.717) is 0 Å². The van der Waals surface area contributed by atoms with Crippen LogP contribution in [0.25, 0.3) is 55.3 Å². The Bertz CT molecular complexity index is 2310. The first-order valence-electron chi connectivity index (χ1n) is 16.4. The maximum atomic E-state index is 2.50. The largest absolute Gasteiger partial charge is 0.0714 e. The first-order valence-corrected chi connectivity index (χ1v) is 16.4. The molecule has 0 heteroatoms. The van der Waals surface area contributed by atoms with Crippen LogP contribution in [0.3, 0.4) is 0 Å². The average molecular weight is 597 g/mol. The highest BCUT2D eigenvalue weighted by Crippen LogP contribution is 2.59. The summed E-state index contributed by atoms with van der Waals surface area (Å²) in [7, 11) is 0. The Morgan fingerprint density at radius 1 is 0.277 bits per heavy atom. The predicted octanol–water partition coefficient (Wildman–Crippen LogP) is 12.2. The Kier molecular flexibility index (Phi) is 6.47. The van der Waals surface area contributed by atoms with Crippen molar-refractivity contribution >= 4 is 10.8 Å². The Balaban J connectivity index is 1.38. The second-order valence-corrected chi connectivity index (χ2v) is 12.4. The molecule has 0 N–H and O–H groups in total. The van der Waals surface area contributed by atoms with Gasteiger partial charge < -0.3 is 0 Å². The molecule has 0 radical (unpaired) electrons. The van der Waals surface area contributed by atoms with Gasteiger partial charge in [0.2, 0.25) is 0 Å². The summed E-state index contributed by atoms with van der Waals surface area (Å²) in [5.74, 6) is 0. The molecule has 0 nitrogen and oxygen atoms in total. The zero-order valence-electron chi connectivity index (χ0n) is 26.0. The van der Waals surface area contributed by atoms with E-state index in [2.05, 4.69) is 194 Å². The van der Waals surface area contributed by atoms with Gasteiger partial charge in [-0.1, -0.05) is 182 Å². The van der Waals surface area contributed by atoms with E-state index in [4.69, 9.17) is 0 Å². The topological polar surface area (TPSA) is 0 Å². The quantitative estimate of drug-likeness (QED) is 0.185. The molecule has 1 aliphatic rings. The maximum Gasteiger partial charge on any atom is 0.0714 e. The monoisotopic (exact) mass is 596 g/mol. The van der Waals surface area contributed by atoms with Crippen molar-refractivity contribution in [1.29, 1.82) is 0 Å². The fraction of sp³-hybridized carbons (Fsp3) is 0.0213. The summed E-state index contributed by atoms with van der Waals surface area (Å²) >= 11 is 0. The number of hydrogen-bond acceptors (Lipinski definition) is 0. The molecule has 0 amide bonds. The molecule has 0 heterocycles. The molecular formula is C47H32. The molecule has 1 aliphatic carbocycles. The highest BCUT2D eigenvalue weighted by molar-refractivity contribution is 6.10. The van der Waals surface area contributed by atoms with Crippen molar-refractivity contribution in [3.8, 4) is 44.5 Å². The van der Waals surface area contributed by atoms with Crippen LogP contribution in [0, 0.1) is 0 Å². The van der Waals surface area contributed by atoms with Gasteiger partial charge in [0, 0.05) is 0 Å². The Morgan fingerprint density at radius 3 is 1.32 bits per heavy atom. The number of hydrogen-bond donors (Lipinski definition) is 0. The van der Waals surface area contributed by atoms with Gasteiger partial charge in [0.15, 0.2) is 0 Å². The highest BCUT2D eigenvalue weighted by Gasteiger charge is 2.47. The van der Waals surface area contributed by atoms with E-state index in [1.165, 1.54) is 77.5 Å². The third-order valence-corrected chi connectivity index (χ3v) is 9.97. The van der Waals surface area contributed by atoms with Crippen LogP contribution in [-0.2, 0) is 5.41 Å². The van der Waals surface area contributed by atoms with Crippen LogP contribution in [0.2, 0.25) is 0 Å². The molecule has 8 aromatic carbocycles. The molecule has 0 saturated heterocycles. The Labute approximate surface area is 276 Å². The Morgan fingerprint density at radius 2 is 0.723 bits per heavy atom. The normalized spacial score (nSPS) is 12.9. The lowest BCUT2D eigenvalue weighted by Gasteiger charge is -2.34. The predicted molar refractivity (Wildman–Crippen MR) is 198 cm³/mol. The van der Waals surface area contributed by atoms with Gasteiger partial charge in [-0.05, 0) is 89.7 Å². The molecule has 0 fully saturated rings. The van der Waals surface area contributed by atoms with E-state index in [9.17, 15) is 0 Å². The van der Waals surface area contributed by atoms with Crippen molar-refractivity contribution in [3.63, 3.8) is 0 Å². The molecule has 0 spiro atoms. The third kappa shape index (κ3) is 4.30. The van der Waals surface area contributed by atoms with E-state index >= 15 is 0 Å². The van der Waals surface area contributed by atoms with Gasteiger partial charge in [-0.15, -0.1) is 0 Å². The molecule has 47 heavy (non-hydrogen) atoms. The molecule has 0 aliphatic heterocycles. The van der Waals surface area contributed by atoms with Crippen LogP contribution in [0.5, 0.6) is 0 Å². The lowest BCUT2D eigenvalue weighted by molar-refractivity contribution is 0.769. The molecular weight excluding hydrogens is 565 g/mol. The van der Waals surface area contributed by atoms with Crippen molar-refractivity contribution in [2.45, 2.75) is 5.41 Å². The number of fused-ring (bicyclic) bond motifs is 5. The van der Waals surface area contributed by atoms with E-state index in [1.807, 2.05) is 0 Å². The first-order chi connectivity index (χ1) is 23.3. The van der Waals surface area contributed by atoms with Gasteiger partial charge in [-0.3, -0.25) is 0 Å². The van der Waals surface area contributed by atoms with Crippen LogP contribution >= 0.6 is 0 Å². The molecule has 9 rings (SSSR count). The van der Waals surface area contributed by atoms with E-state index in [1.54, 1.807) is 0 Å². The van der Waals surface area contributed by atoms with Gasteiger partial charge in [-0.2, -0.15) is 0 Å². The second kappa shape index (κ2) is 11.1. The van der Waals surface area contributed by atoms with Gasteiger partial charge in [0.1, 0.15) is 0 Å². The van der Waals surface area contributed by atoms with E-state index in [0.717, 1.165) is 0 Å². The highest BCUT2D eigenvalue weighted by atomic mass is 14.5. The minimum Gasteiger partial charge on any atom is -0.0622 e. The standard InChI is InChI=1S/C47H32/c1-5-15-33(16-6-1)35-25-27-36(28-26-35)43-32-45-46(41-24-14-13-23-40(41)43)42-30-29-37(34-17-7-2-8-18-34)31-44(42)47(45,38-19-9-3-10-20-38)39-21-11-4-12-22-39/h1-32H. The van der Waals surface area contributed by atoms with Crippen LogP contribution in [0.15, 0.2) is 194 Å². The average Bonchev–Trinajstić information content (AvgIpc) is 3.46. The maximum absolute atomic E-state index is 2.50. The summed E-state index contributed by atoms with van der Waals surface area (Å²) in [5.41, 5.74) is 14.7. The molecule has 220 valence electrons. The van der Waals surface area contributed by atoms with E-state index < -0.39 is 5.41 Å². The molecule has 0 saturated carbocycles. The van der Waals surface area contributed by atoms with Crippen molar-refractivity contribution in [3.05, 3.63) is 216 Å². The summed E-state index contributed by atoms with van der Waals surface area (Å²) in [5, 5.41) is 2.56. The Hall–Kier alpha value is -5.98. The SMILES string of the molecule is c1ccc(-c2ccc(-c3cc4c(c5ccccc35)-c3ccc(-c5ccccc5)cc3C4(c3ccccc3)c3ccccc3)cc2)cc1. The molecule has 0 unspecified atom stereocenters. The van der Waals surface area contributed by atoms with Crippen LogP contribution in [-0.4, -0.2) is 0 Å². The summed E-state index contributed by atoms with van der Waals surface area (Å²) in [6.07, 6.45) is 0. The minimum atomic E-state index is -0.499. The fourth-order valence-electron chi connectivity index (χ4n) is 7.87. The van der Waals surface area contributed by atoms with Gasteiger partial charge >= 0.3 is 0 Å². The second-order valence-electron chi connectivity index (χ2n) is 12.4. The summed E-state index contributed by atoms with van der Waals surface area (Å²) in [4.78, 5) is 0. The zero-order valence-corrected chi connectivity index (χ0v) is 26.0. The smallest absolute Gasteiger partial charge is 0.0622 e. The molecule has 0 aromatic heterocycles. The third-order valence-electron chi connectivity index (χ3n) is 9.97. The molecule has 0 atom stereocenters. The molecule has 8 aromatic rings. The van der Waals surface area contributed by atoms with Crippen LogP contribution in [0.1, 0.15) is 22.3 Å². The zero-order chi connectivity index (χ0) is 31.2. The van der Waals surface area contributed by atoms with Gasteiger partial charge in [0.05, 0.1) is 5.41 Å². The van der Waals surface area contributed by atoms with Crippen LogP contribution < -0.4 is 0 Å². The van der Waals surface area contributed by atoms with Crippen molar-refractivity contribution in [2.75, 3.05) is 0 Å². The summed E-state index contributed by atoms with van der Waals surface area (Å²) in [6.45, 7) is 0. The lowest BCUT2D eigenvalue weighted by Crippen LogP contribution is -2.28. The van der Waals surface area contributed by atoms with E-state index in [-0.39, 0.29) is 0 Å². The van der Waals surface area contributed by atoms with Crippen molar-refractivity contribution in [2.24, 2.45) is 0 Å². The van der Waals surface area contributed by atoms with Gasteiger partial charge in [-0.25, -0.2) is 0 Å². The lowest BCUT2D eigenvalue weighted by atomic mass is 9.67. The first kappa shape index (κ1) is 27.3. The summed E-state index contributed by atoms with van der Waals surface area (Å²) < 4.78 is 0. The van der Waals surface area contributed by atoms with Crippen molar-refractivity contribution in [1.82, 2.24) is 0 Å². The van der Waals surface area contributed by atoms with Crippen LogP contribution in [0.4, 0.5) is 0 Å². The fourth-order valence-corrected chi connectivity index (χ4v) is 7.87. The summed E-state index contributed by atoms with van der Waals surface area (Å²) in [6, 6.07) is 71.3. The number of benzene rings is 8.